The van der Waals surface area contributed by atoms with E-state index in [4.69, 9.17) is 20.7 Å². The van der Waals surface area contributed by atoms with Crippen molar-refractivity contribution in [2.24, 2.45) is 20.9 Å². The van der Waals surface area contributed by atoms with Gasteiger partial charge in [0.25, 0.3) is 0 Å². The van der Waals surface area contributed by atoms with Crippen molar-refractivity contribution in [3.63, 3.8) is 0 Å². The molecule has 0 unspecified atom stereocenters. The van der Waals surface area contributed by atoms with Gasteiger partial charge in [-0.1, -0.05) is 113 Å². The minimum atomic E-state index is 0.252. The van der Waals surface area contributed by atoms with E-state index in [1.54, 1.807) is 22.7 Å². The second-order valence-electron chi connectivity index (χ2n) is 13.1. The van der Waals surface area contributed by atoms with Crippen LogP contribution in [0.4, 0.5) is 0 Å². The van der Waals surface area contributed by atoms with Gasteiger partial charge in [-0.05, 0) is 64.8 Å². The molecule has 2 N–H and O–H groups in total. The molecule has 0 aliphatic carbocycles. The third-order valence-electron chi connectivity index (χ3n) is 8.60. The predicted molar refractivity (Wildman–Crippen MR) is 226 cm³/mol. The van der Waals surface area contributed by atoms with Crippen molar-refractivity contribution in [2.45, 2.75) is 119 Å². The summed E-state index contributed by atoms with van der Waals surface area (Å²) in [5, 5.41) is 10.7. The van der Waals surface area contributed by atoms with Gasteiger partial charge in [0.1, 0.15) is 15.9 Å². The number of aryl methyl sites for hydroxylation is 2. The molecule has 2 aromatic heterocycles. The van der Waals surface area contributed by atoms with E-state index in [-0.39, 0.29) is 6.54 Å². The van der Waals surface area contributed by atoms with Gasteiger partial charge in [0.15, 0.2) is 0 Å². The summed E-state index contributed by atoms with van der Waals surface area (Å²) in [4.78, 5) is 16.4. The Morgan fingerprint density at radius 3 is 1.52 bits per heavy atom. The molecule has 4 aromatic rings. The van der Waals surface area contributed by atoms with Crippen molar-refractivity contribution < 1.29 is 0 Å². The molecule has 0 fully saturated rings. The first kappa shape index (κ1) is 40.4. The number of aromatic nitrogens is 2. The Labute approximate surface area is 320 Å². The Morgan fingerprint density at radius 2 is 1.06 bits per heavy atom. The van der Waals surface area contributed by atoms with Gasteiger partial charge in [-0.25, -0.2) is 9.97 Å². The highest BCUT2D eigenvalue weighted by Crippen LogP contribution is 2.30. The smallest absolute Gasteiger partial charge is 0.144 e. The quantitative estimate of drug-likeness (QED) is 0.0386. The second kappa shape index (κ2) is 21.9. The van der Waals surface area contributed by atoms with E-state index in [0.717, 1.165) is 77.7 Å². The molecule has 0 bridgehead atoms. The van der Waals surface area contributed by atoms with E-state index in [2.05, 4.69) is 96.3 Å². The van der Waals surface area contributed by atoms with Crippen LogP contribution in [0.1, 0.15) is 137 Å². The second-order valence-corrected chi connectivity index (χ2v) is 15.1. The van der Waals surface area contributed by atoms with Crippen LogP contribution < -0.4 is 5.73 Å². The van der Waals surface area contributed by atoms with Crippen LogP contribution in [-0.4, -0.2) is 33.8 Å². The molecule has 0 radical (unpaired) electrons. The van der Waals surface area contributed by atoms with Crippen LogP contribution in [0, 0.1) is 37.5 Å². The normalized spacial score (nSPS) is 12.0. The van der Waals surface area contributed by atoms with Gasteiger partial charge in [-0.2, -0.15) is 5.10 Å². The Kier molecular flexibility index (Phi) is 17.0. The molecule has 6 nitrogen and oxygen atoms in total. The molecule has 272 valence electrons. The maximum atomic E-state index is 6.25. The molecule has 52 heavy (non-hydrogen) atoms. The summed E-state index contributed by atoms with van der Waals surface area (Å²) >= 11 is 3.24. The fourth-order valence-corrected chi connectivity index (χ4v) is 7.60. The Morgan fingerprint density at radius 1 is 0.615 bits per heavy atom. The maximum Gasteiger partial charge on any atom is 0.144 e. The van der Waals surface area contributed by atoms with Gasteiger partial charge < -0.3 is 5.73 Å². The number of nitrogens with zero attached hydrogens (tertiary/aromatic N) is 5. The summed E-state index contributed by atoms with van der Waals surface area (Å²) in [6.45, 7) is 12.7. The highest BCUT2D eigenvalue weighted by Gasteiger charge is 2.14. The third-order valence-corrected chi connectivity index (χ3v) is 11.2. The lowest BCUT2D eigenvalue weighted by Crippen LogP contribution is -2.16. The van der Waals surface area contributed by atoms with Crippen molar-refractivity contribution in [1.29, 1.82) is 0 Å². The number of unbranched alkanes of at least 4 members (excludes halogenated alkanes) is 10. The molecule has 0 aliphatic heterocycles. The summed E-state index contributed by atoms with van der Waals surface area (Å²) in [6.07, 6.45) is 14.6. The summed E-state index contributed by atoms with van der Waals surface area (Å²) in [6, 6.07) is 16.7. The summed E-state index contributed by atoms with van der Waals surface area (Å²) in [5.74, 6) is 13.6. The fraction of sp³-hybridized carbons (Fsp3) is 0.432. The number of thiazole rings is 2. The topological polar surface area (TPSA) is 88.9 Å². The minimum Gasteiger partial charge on any atom is -0.384 e. The van der Waals surface area contributed by atoms with Crippen molar-refractivity contribution >= 4 is 39.9 Å². The molecule has 0 spiro atoms. The molecule has 2 heterocycles. The van der Waals surface area contributed by atoms with Crippen LogP contribution in [0.25, 0.3) is 21.1 Å². The van der Waals surface area contributed by atoms with Crippen LogP contribution in [0.2, 0.25) is 0 Å². The van der Waals surface area contributed by atoms with E-state index >= 15 is 0 Å². The zero-order valence-electron chi connectivity index (χ0n) is 31.9. The molecular weight excluding hydrogens is 677 g/mol. The minimum absolute atomic E-state index is 0.252. The van der Waals surface area contributed by atoms with Gasteiger partial charge >= 0.3 is 0 Å². The third kappa shape index (κ3) is 13.0. The monoisotopic (exact) mass is 730 g/mol. The Balaban J connectivity index is 1.32. The van der Waals surface area contributed by atoms with E-state index in [9.17, 15) is 0 Å². The molecule has 2 aromatic carbocycles. The zero-order valence-corrected chi connectivity index (χ0v) is 33.6. The first-order chi connectivity index (χ1) is 25.3. The first-order valence-corrected chi connectivity index (χ1v) is 20.4. The maximum absolute atomic E-state index is 6.25. The predicted octanol–water partition coefficient (Wildman–Crippen LogP) is 11.6. The van der Waals surface area contributed by atoms with Gasteiger partial charge in [-0.15, -0.1) is 27.8 Å². The summed E-state index contributed by atoms with van der Waals surface area (Å²) < 4.78 is 0. The van der Waals surface area contributed by atoms with Crippen molar-refractivity contribution in [3.05, 3.63) is 80.8 Å². The van der Waals surface area contributed by atoms with E-state index in [1.165, 1.54) is 64.2 Å². The van der Waals surface area contributed by atoms with E-state index in [1.807, 2.05) is 27.7 Å². The molecular formula is C44H54N6S2. The molecule has 0 saturated heterocycles. The number of rotatable bonds is 17. The van der Waals surface area contributed by atoms with Crippen LogP contribution in [0.5, 0.6) is 0 Å². The Bertz CT molecular complexity index is 1940. The van der Waals surface area contributed by atoms with Crippen LogP contribution in [-0.2, 0) is 0 Å². The average molecular weight is 731 g/mol. The Hall–Kier alpha value is -4.37. The molecule has 0 saturated carbocycles. The van der Waals surface area contributed by atoms with Crippen molar-refractivity contribution in [3.8, 4) is 44.8 Å². The molecule has 8 heteroatoms. The summed E-state index contributed by atoms with van der Waals surface area (Å²) in [5.41, 5.74) is 14.0. The number of aliphatic imine (C=N–C) groups is 1. The SMILES string of the molecule is CCCCCCCC#Cc1ccc(-c2nc(C)c(C(C)=NCC(N)=N/N=C(/C)c3sc(-c4ccc(C#CCCCCCCC)cc4)nc3C)s2)cc1. The lowest BCUT2D eigenvalue weighted by Gasteiger charge is -1.99. The number of benzene rings is 2. The number of hydrogen-bond acceptors (Lipinski definition) is 7. The number of hydrogen-bond donors (Lipinski definition) is 1. The molecule has 4 rings (SSSR count). The van der Waals surface area contributed by atoms with E-state index in [0.29, 0.717) is 5.84 Å². The van der Waals surface area contributed by atoms with Gasteiger partial charge in [-0.3, -0.25) is 4.99 Å². The first-order valence-electron chi connectivity index (χ1n) is 18.8. The average Bonchev–Trinajstić information content (AvgIpc) is 3.75. The van der Waals surface area contributed by atoms with Gasteiger partial charge in [0.2, 0.25) is 0 Å². The molecule has 0 aliphatic rings. The highest BCUT2D eigenvalue weighted by atomic mass is 32.1. The highest BCUT2D eigenvalue weighted by molar-refractivity contribution is 7.17. The van der Waals surface area contributed by atoms with Gasteiger partial charge in [0.05, 0.1) is 39.1 Å². The zero-order chi connectivity index (χ0) is 37.1. The largest absolute Gasteiger partial charge is 0.384 e. The van der Waals surface area contributed by atoms with Crippen LogP contribution >= 0.6 is 22.7 Å². The lowest BCUT2D eigenvalue weighted by molar-refractivity contribution is 0.641. The summed E-state index contributed by atoms with van der Waals surface area (Å²) in [7, 11) is 0. The van der Waals surface area contributed by atoms with Crippen molar-refractivity contribution in [1.82, 2.24) is 9.97 Å². The number of amidine groups is 1. The van der Waals surface area contributed by atoms with E-state index < -0.39 is 0 Å². The molecule has 0 atom stereocenters. The van der Waals surface area contributed by atoms with Crippen LogP contribution in [0.15, 0.2) is 63.7 Å². The molecule has 0 amide bonds. The standard InChI is InChI=1S/C44H54N6S2/c1-7-9-11-13-15-17-19-21-36-23-27-38(28-24-36)43-47-33(4)41(51-43)32(3)46-31-40(45)50-49-35(6)42-34(5)48-44(52-42)39-29-25-37(26-30-39)22-20-18-16-14-12-10-8-2/h23-30H,7-18,31H2,1-6H3,(H2,45,50)/b46-32?,49-35-. The van der Waals surface area contributed by atoms with Gasteiger partial charge in [0, 0.05) is 35.1 Å². The lowest BCUT2D eigenvalue weighted by atomic mass is 10.1. The number of nitrogens with two attached hydrogens (primary N) is 1. The van der Waals surface area contributed by atoms with Crippen LogP contribution in [0.3, 0.4) is 0 Å². The fourth-order valence-electron chi connectivity index (χ4n) is 5.55. The van der Waals surface area contributed by atoms with Crippen molar-refractivity contribution in [2.75, 3.05) is 6.54 Å².